The van der Waals surface area contributed by atoms with Gasteiger partial charge >= 0.3 is 0 Å². The van der Waals surface area contributed by atoms with Crippen LogP contribution in [0.1, 0.15) is 45.4 Å². The number of thioether (sulfide) groups is 1. The molecule has 0 amide bonds. The Morgan fingerprint density at radius 1 is 1.05 bits per heavy atom. The molecule has 120 valence electrons. The second-order valence-corrected chi connectivity index (χ2v) is 7.14. The van der Waals surface area contributed by atoms with E-state index in [0.717, 1.165) is 12.2 Å². The number of hydrogen-bond acceptors (Lipinski definition) is 6. The molecular formula is C14H28O4S2. The van der Waals surface area contributed by atoms with E-state index in [2.05, 4.69) is 19.6 Å². The summed E-state index contributed by atoms with van der Waals surface area (Å²) in [5.74, 6) is 0.953. The predicted octanol–water partition coefficient (Wildman–Crippen LogP) is 1.82. The SMILES string of the molecule is CCCCCCCCS[C@@H]1O[C@H](CO)[C@@H](O)[C@H](O)[C@H]1S. The summed E-state index contributed by atoms with van der Waals surface area (Å²) in [6, 6.07) is 0. The van der Waals surface area contributed by atoms with Crippen LogP contribution in [0, 0.1) is 0 Å². The van der Waals surface area contributed by atoms with Gasteiger partial charge in [0.15, 0.2) is 0 Å². The Morgan fingerprint density at radius 3 is 2.35 bits per heavy atom. The minimum Gasteiger partial charge on any atom is -0.394 e. The molecule has 1 saturated heterocycles. The molecule has 4 nitrogen and oxygen atoms in total. The van der Waals surface area contributed by atoms with E-state index in [-0.39, 0.29) is 12.0 Å². The number of aliphatic hydroxyl groups is 3. The maximum absolute atomic E-state index is 9.89. The molecule has 6 heteroatoms. The van der Waals surface area contributed by atoms with Crippen LogP contribution in [-0.4, -0.2) is 56.7 Å². The zero-order valence-electron chi connectivity index (χ0n) is 12.1. The maximum atomic E-state index is 9.89. The van der Waals surface area contributed by atoms with Gasteiger partial charge in [-0.1, -0.05) is 39.0 Å². The smallest absolute Gasteiger partial charge is 0.118 e. The van der Waals surface area contributed by atoms with Crippen molar-refractivity contribution in [3.63, 3.8) is 0 Å². The van der Waals surface area contributed by atoms with Crippen molar-refractivity contribution >= 4 is 24.4 Å². The fraction of sp³-hybridized carbons (Fsp3) is 1.00. The molecule has 0 radical (unpaired) electrons. The predicted molar refractivity (Wildman–Crippen MR) is 86.4 cm³/mol. The molecule has 0 saturated carbocycles. The Hall–Kier alpha value is 0.540. The van der Waals surface area contributed by atoms with Crippen LogP contribution in [0.2, 0.25) is 0 Å². The van der Waals surface area contributed by atoms with E-state index in [4.69, 9.17) is 9.84 Å². The average molecular weight is 325 g/mol. The Labute approximate surface area is 131 Å². The Morgan fingerprint density at radius 2 is 1.70 bits per heavy atom. The first-order chi connectivity index (χ1) is 9.61. The minimum absolute atomic E-state index is 0.274. The molecule has 0 aromatic heterocycles. The second kappa shape index (κ2) is 10.3. The molecule has 1 aliphatic rings. The van der Waals surface area contributed by atoms with Crippen LogP contribution >= 0.6 is 24.4 Å². The third-order valence-corrected chi connectivity index (χ3v) is 5.66. The Bertz CT molecular complexity index is 253. The number of thiol groups is 1. The molecule has 1 fully saturated rings. The van der Waals surface area contributed by atoms with Gasteiger partial charge in [-0.15, -0.1) is 11.8 Å². The van der Waals surface area contributed by atoms with Gasteiger partial charge in [0.25, 0.3) is 0 Å². The summed E-state index contributed by atoms with van der Waals surface area (Å²) in [6.45, 7) is 1.92. The van der Waals surface area contributed by atoms with Crippen LogP contribution < -0.4 is 0 Å². The van der Waals surface area contributed by atoms with E-state index in [1.807, 2.05) is 0 Å². The summed E-state index contributed by atoms with van der Waals surface area (Å²) in [6.07, 6.45) is 4.74. The lowest BCUT2D eigenvalue weighted by atomic mass is 10.0. The van der Waals surface area contributed by atoms with E-state index in [0.29, 0.717) is 0 Å². The molecule has 20 heavy (non-hydrogen) atoms. The fourth-order valence-electron chi connectivity index (χ4n) is 2.29. The number of rotatable bonds is 9. The fourth-order valence-corrected chi connectivity index (χ4v) is 3.97. The van der Waals surface area contributed by atoms with Gasteiger partial charge in [0.1, 0.15) is 17.6 Å². The first-order valence-electron chi connectivity index (χ1n) is 7.54. The van der Waals surface area contributed by atoms with Gasteiger partial charge in [-0.25, -0.2) is 0 Å². The molecule has 1 rings (SSSR count). The van der Waals surface area contributed by atoms with E-state index < -0.39 is 23.6 Å². The van der Waals surface area contributed by atoms with Crippen molar-refractivity contribution in [1.82, 2.24) is 0 Å². The highest BCUT2D eigenvalue weighted by atomic mass is 32.2. The zero-order chi connectivity index (χ0) is 15.0. The molecule has 0 spiro atoms. The largest absolute Gasteiger partial charge is 0.394 e. The lowest BCUT2D eigenvalue weighted by Gasteiger charge is -2.40. The number of ether oxygens (including phenoxy) is 1. The van der Waals surface area contributed by atoms with Crippen LogP contribution in [0.5, 0.6) is 0 Å². The molecule has 0 unspecified atom stereocenters. The molecule has 0 bridgehead atoms. The molecule has 1 heterocycles. The van der Waals surface area contributed by atoms with E-state index >= 15 is 0 Å². The van der Waals surface area contributed by atoms with Crippen molar-refractivity contribution in [2.75, 3.05) is 12.4 Å². The summed E-state index contributed by atoms with van der Waals surface area (Å²) in [5, 5.41) is 28.3. The summed E-state index contributed by atoms with van der Waals surface area (Å²) in [4.78, 5) is 0. The summed E-state index contributed by atoms with van der Waals surface area (Å²) in [7, 11) is 0. The highest BCUT2D eigenvalue weighted by Gasteiger charge is 2.42. The maximum Gasteiger partial charge on any atom is 0.118 e. The summed E-state index contributed by atoms with van der Waals surface area (Å²) in [5.41, 5.74) is -0.274. The number of unbranched alkanes of at least 4 members (excludes halogenated alkanes) is 5. The standard InChI is InChI=1S/C14H28O4S2/c1-2-3-4-5-6-7-8-20-14-13(19)12(17)11(16)10(9-15)18-14/h10-17,19H,2-9H2,1H3/t10-,11-,12+,13-,14+/m1/s1. The highest BCUT2D eigenvalue weighted by Crippen LogP contribution is 2.32. The lowest BCUT2D eigenvalue weighted by molar-refractivity contribution is -0.153. The van der Waals surface area contributed by atoms with Crippen molar-refractivity contribution in [3.05, 3.63) is 0 Å². The Kier molecular flexibility index (Phi) is 9.57. The summed E-state index contributed by atoms with van der Waals surface area (Å²) < 4.78 is 5.60. The molecule has 0 aromatic rings. The van der Waals surface area contributed by atoms with Crippen molar-refractivity contribution < 1.29 is 20.1 Å². The topological polar surface area (TPSA) is 69.9 Å². The average Bonchev–Trinajstić information content (AvgIpc) is 2.46. The molecule has 0 aromatic carbocycles. The quantitative estimate of drug-likeness (QED) is 0.385. The summed E-state index contributed by atoms with van der Waals surface area (Å²) >= 11 is 5.94. The van der Waals surface area contributed by atoms with Gasteiger partial charge in [-0.3, -0.25) is 0 Å². The minimum atomic E-state index is -1.06. The first-order valence-corrected chi connectivity index (χ1v) is 9.10. The van der Waals surface area contributed by atoms with Gasteiger partial charge in [0.2, 0.25) is 0 Å². The number of aliphatic hydroxyl groups excluding tert-OH is 3. The lowest BCUT2D eigenvalue weighted by Crippen LogP contribution is -2.55. The van der Waals surface area contributed by atoms with Crippen molar-refractivity contribution in [3.8, 4) is 0 Å². The molecular weight excluding hydrogens is 296 g/mol. The zero-order valence-corrected chi connectivity index (χ0v) is 13.9. The first kappa shape index (κ1) is 18.6. The van der Waals surface area contributed by atoms with Gasteiger partial charge in [0, 0.05) is 0 Å². The molecule has 1 aliphatic heterocycles. The highest BCUT2D eigenvalue weighted by molar-refractivity contribution is 8.00. The van der Waals surface area contributed by atoms with Crippen LogP contribution in [-0.2, 0) is 4.74 Å². The van der Waals surface area contributed by atoms with Crippen molar-refractivity contribution in [2.24, 2.45) is 0 Å². The third-order valence-electron chi connectivity index (χ3n) is 3.63. The van der Waals surface area contributed by atoms with Gasteiger partial charge in [-0.05, 0) is 12.2 Å². The Balaban J connectivity index is 2.21. The van der Waals surface area contributed by atoms with Crippen LogP contribution in [0.3, 0.4) is 0 Å². The van der Waals surface area contributed by atoms with Gasteiger partial charge in [-0.2, -0.15) is 12.6 Å². The number of hydrogen-bond donors (Lipinski definition) is 4. The van der Waals surface area contributed by atoms with Crippen LogP contribution in [0.15, 0.2) is 0 Å². The molecule has 3 N–H and O–H groups in total. The van der Waals surface area contributed by atoms with Crippen LogP contribution in [0.25, 0.3) is 0 Å². The second-order valence-electron chi connectivity index (χ2n) is 5.34. The van der Waals surface area contributed by atoms with Gasteiger partial charge < -0.3 is 20.1 Å². The molecule has 5 atom stereocenters. The third kappa shape index (κ3) is 5.73. The monoisotopic (exact) mass is 324 g/mol. The van der Waals surface area contributed by atoms with Crippen LogP contribution in [0.4, 0.5) is 0 Å². The van der Waals surface area contributed by atoms with Gasteiger partial charge in [0.05, 0.1) is 18.0 Å². The van der Waals surface area contributed by atoms with E-state index in [1.165, 1.54) is 32.1 Å². The molecule has 0 aliphatic carbocycles. The van der Waals surface area contributed by atoms with Crippen molar-refractivity contribution in [2.45, 2.75) is 74.4 Å². The van der Waals surface area contributed by atoms with E-state index in [1.54, 1.807) is 11.8 Å². The van der Waals surface area contributed by atoms with E-state index in [9.17, 15) is 10.2 Å². The van der Waals surface area contributed by atoms with Crippen molar-refractivity contribution in [1.29, 1.82) is 0 Å². The normalized spacial score (nSPS) is 34.4.